The molecule has 0 fully saturated rings. The van der Waals surface area contributed by atoms with E-state index in [9.17, 15) is 18.4 Å². The van der Waals surface area contributed by atoms with E-state index in [4.69, 9.17) is 15.2 Å². The second-order valence-corrected chi connectivity index (χ2v) is 7.73. The molecule has 0 radical (unpaired) electrons. The molecule has 0 amide bonds. The summed E-state index contributed by atoms with van der Waals surface area (Å²) in [6, 6.07) is 9.75. The Hall–Kier alpha value is -4.00. The van der Waals surface area contributed by atoms with Gasteiger partial charge in [0.25, 0.3) is 6.47 Å². The Balaban J connectivity index is 2.10. The van der Waals surface area contributed by atoms with Crippen LogP contribution in [-0.2, 0) is 4.79 Å². The number of carbonyl (C=O) groups is 2. The number of carbonyl (C=O) groups excluding carboxylic acids is 2. The van der Waals surface area contributed by atoms with Crippen molar-refractivity contribution in [1.29, 1.82) is 0 Å². The van der Waals surface area contributed by atoms with E-state index in [2.05, 4.69) is 6.58 Å². The van der Waals surface area contributed by atoms with Crippen LogP contribution in [0.5, 0.6) is 17.2 Å². The fourth-order valence-corrected chi connectivity index (χ4v) is 3.64. The van der Waals surface area contributed by atoms with Crippen LogP contribution in [0.25, 0.3) is 12.2 Å². The number of hydrogen-bond donors (Lipinski definition) is 1. The van der Waals surface area contributed by atoms with Crippen LogP contribution in [0.4, 0.5) is 14.5 Å². The van der Waals surface area contributed by atoms with Crippen molar-refractivity contribution in [2.24, 2.45) is 5.92 Å². The number of benzene rings is 3. The van der Waals surface area contributed by atoms with Crippen molar-refractivity contribution in [3.05, 3.63) is 81.2 Å². The standard InChI is InChI=1S/C25H19F2NO4/c1-12(2)25(30)14-4-5-15(21(7-14)31-11-29)24-16-8-18(26)13(3)6-22(16)32-23-10-20(28)19(27)9-17(23)24/h4-12H,3,28H2,1-2H3. The number of ether oxygens (including phenoxy) is 2. The molecule has 32 heavy (non-hydrogen) atoms. The maximum absolute atomic E-state index is 14.5. The molecule has 4 rings (SSSR count). The number of nitrogen functional groups attached to an aromatic ring is 1. The van der Waals surface area contributed by atoms with Crippen molar-refractivity contribution < 1.29 is 27.8 Å². The van der Waals surface area contributed by atoms with Gasteiger partial charge in [-0.25, -0.2) is 8.78 Å². The number of halogens is 2. The van der Waals surface area contributed by atoms with E-state index in [0.29, 0.717) is 27.5 Å². The van der Waals surface area contributed by atoms with Crippen LogP contribution in [-0.4, -0.2) is 12.3 Å². The fourth-order valence-electron chi connectivity index (χ4n) is 3.64. The summed E-state index contributed by atoms with van der Waals surface area (Å²) < 4.78 is 39.9. The van der Waals surface area contributed by atoms with Gasteiger partial charge in [0.2, 0.25) is 0 Å². The van der Waals surface area contributed by atoms with Gasteiger partial charge in [-0.1, -0.05) is 26.5 Å². The molecule has 3 aromatic rings. The highest BCUT2D eigenvalue weighted by Crippen LogP contribution is 2.41. The Morgan fingerprint density at radius 2 is 1.81 bits per heavy atom. The number of anilines is 1. The molecule has 2 N–H and O–H groups in total. The smallest absolute Gasteiger partial charge is 0.298 e. The highest BCUT2D eigenvalue weighted by atomic mass is 19.1. The molecule has 1 aliphatic rings. The molecule has 0 bridgehead atoms. The first-order chi connectivity index (χ1) is 15.2. The van der Waals surface area contributed by atoms with Gasteiger partial charge in [-0.3, -0.25) is 9.59 Å². The molecule has 0 spiro atoms. The zero-order valence-corrected chi connectivity index (χ0v) is 17.4. The molecule has 0 atom stereocenters. The van der Waals surface area contributed by atoms with Gasteiger partial charge >= 0.3 is 0 Å². The summed E-state index contributed by atoms with van der Waals surface area (Å²) in [5, 5.41) is 0.425. The van der Waals surface area contributed by atoms with Crippen LogP contribution in [0.15, 0.2) is 42.5 Å². The highest BCUT2D eigenvalue weighted by Gasteiger charge is 2.26. The summed E-state index contributed by atoms with van der Waals surface area (Å²) in [6.07, 6.45) is 0. The SMILES string of the molecule is C=c1cc2c(cc1F)=C(c1ccc(C(=O)C(C)C)cc1OC=O)c1cc(F)c(N)cc1O2. The van der Waals surface area contributed by atoms with Crippen LogP contribution in [0, 0.1) is 17.6 Å². The molecule has 0 aliphatic carbocycles. The Morgan fingerprint density at radius 1 is 1.06 bits per heavy atom. The van der Waals surface area contributed by atoms with Gasteiger partial charge in [0, 0.05) is 44.7 Å². The lowest BCUT2D eigenvalue weighted by Gasteiger charge is -2.23. The summed E-state index contributed by atoms with van der Waals surface area (Å²) in [4.78, 5) is 23.7. The van der Waals surface area contributed by atoms with Crippen LogP contribution in [0.3, 0.4) is 0 Å². The van der Waals surface area contributed by atoms with Crippen molar-refractivity contribution in [3.63, 3.8) is 0 Å². The zero-order valence-electron chi connectivity index (χ0n) is 17.4. The molecule has 0 aromatic heterocycles. The quantitative estimate of drug-likeness (QED) is 0.294. The average Bonchev–Trinajstić information content (AvgIpc) is 2.74. The first-order valence-corrected chi connectivity index (χ1v) is 9.80. The Kier molecular flexibility index (Phi) is 5.26. The van der Waals surface area contributed by atoms with E-state index in [1.54, 1.807) is 26.0 Å². The van der Waals surface area contributed by atoms with E-state index in [1.165, 1.54) is 30.3 Å². The van der Waals surface area contributed by atoms with Crippen molar-refractivity contribution in [1.82, 2.24) is 0 Å². The molecule has 162 valence electrons. The summed E-state index contributed by atoms with van der Waals surface area (Å²) in [7, 11) is 0. The number of ketones is 1. The van der Waals surface area contributed by atoms with Crippen LogP contribution in [0.1, 0.15) is 35.3 Å². The van der Waals surface area contributed by atoms with Gasteiger partial charge in [0.15, 0.2) is 5.78 Å². The van der Waals surface area contributed by atoms with Gasteiger partial charge in [0.1, 0.15) is 28.9 Å². The van der Waals surface area contributed by atoms with Gasteiger partial charge in [-0.05, 0) is 30.3 Å². The third-order valence-corrected chi connectivity index (χ3v) is 5.24. The normalized spacial score (nSPS) is 12.1. The summed E-state index contributed by atoms with van der Waals surface area (Å²) >= 11 is 0. The van der Waals surface area contributed by atoms with E-state index in [1.807, 2.05) is 0 Å². The number of fused-ring (bicyclic) bond motifs is 2. The topological polar surface area (TPSA) is 78.6 Å². The highest BCUT2D eigenvalue weighted by molar-refractivity contribution is 5.99. The van der Waals surface area contributed by atoms with Crippen molar-refractivity contribution in [2.75, 3.05) is 5.73 Å². The van der Waals surface area contributed by atoms with Gasteiger partial charge in [0.05, 0.1) is 5.69 Å². The predicted octanol–water partition coefficient (Wildman–Crippen LogP) is 3.68. The van der Waals surface area contributed by atoms with Crippen LogP contribution in [0.2, 0.25) is 0 Å². The predicted molar refractivity (Wildman–Crippen MR) is 116 cm³/mol. The third kappa shape index (κ3) is 3.51. The van der Waals surface area contributed by atoms with E-state index < -0.39 is 11.6 Å². The number of rotatable bonds is 5. The number of hydrogen-bond acceptors (Lipinski definition) is 5. The second kappa shape index (κ2) is 7.92. The average molecular weight is 435 g/mol. The van der Waals surface area contributed by atoms with Gasteiger partial charge in [-0.15, -0.1) is 0 Å². The molecule has 3 aromatic carbocycles. The molecular weight excluding hydrogens is 416 g/mol. The molecule has 1 heterocycles. The Bertz CT molecular complexity index is 1400. The summed E-state index contributed by atoms with van der Waals surface area (Å²) in [5.74, 6) is -1.10. The first-order valence-electron chi connectivity index (χ1n) is 9.80. The number of nitrogens with two attached hydrogens (primary N) is 1. The third-order valence-electron chi connectivity index (χ3n) is 5.24. The fraction of sp³-hybridized carbons (Fsp3) is 0.120. The minimum absolute atomic E-state index is 0.0663. The molecule has 0 saturated heterocycles. The van der Waals surface area contributed by atoms with Crippen LogP contribution >= 0.6 is 0 Å². The lowest BCUT2D eigenvalue weighted by molar-refractivity contribution is -0.120. The Morgan fingerprint density at radius 3 is 2.50 bits per heavy atom. The number of Topliss-reactive ketones (excluding diaryl/α,β-unsaturated/α-hetero) is 1. The molecular formula is C25H19F2NO4. The van der Waals surface area contributed by atoms with Crippen LogP contribution < -0.4 is 25.6 Å². The molecule has 1 aliphatic heterocycles. The van der Waals surface area contributed by atoms with Gasteiger partial charge in [-0.2, -0.15) is 0 Å². The largest absolute Gasteiger partial charge is 0.456 e. The minimum atomic E-state index is -0.688. The zero-order chi connectivity index (χ0) is 23.2. The minimum Gasteiger partial charge on any atom is -0.456 e. The van der Waals surface area contributed by atoms with Crippen molar-refractivity contribution >= 4 is 30.1 Å². The molecule has 5 nitrogen and oxygen atoms in total. The second-order valence-electron chi connectivity index (χ2n) is 7.73. The van der Waals surface area contributed by atoms with Crippen molar-refractivity contribution in [3.8, 4) is 17.2 Å². The lowest BCUT2D eigenvalue weighted by Crippen LogP contribution is -2.22. The van der Waals surface area contributed by atoms with Gasteiger partial charge < -0.3 is 15.2 Å². The molecule has 7 heteroatoms. The molecule has 0 unspecified atom stereocenters. The summed E-state index contributed by atoms with van der Waals surface area (Å²) in [6.45, 7) is 7.39. The monoisotopic (exact) mass is 435 g/mol. The van der Waals surface area contributed by atoms with E-state index in [0.717, 1.165) is 0 Å². The lowest BCUT2D eigenvalue weighted by atomic mass is 9.90. The van der Waals surface area contributed by atoms with E-state index >= 15 is 0 Å². The maximum atomic E-state index is 14.5. The first kappa shape index (κ1) is 21.2. The molecule has 0 saturated carbocycles. The van der Waals surface area contributed by atoms with E-state index in [-0.39, 0.29) is 46.3 Å². The summed E-state index contributed by atoms with van der Waals surface area (Å²) in [5.41, 5.74) is 6.94. The Labute approximate surface area is 182 Å². The van der Waals surface area contributed by atoms with Crippen molar-refractivity contribution in [2.45, 2.75) is 13.8 Å². The maximum Gasteiger partial charge on any atom is 0.298 e.